The van der Waals surface area contributed by atoms with Crippen LogP contribution in [0.3, 0.4) is 0 Å². The highest BCUT2D eigenvalue weighted by Crippen LogP contribution is 2.72. The van der Waals surface area contributed by atoms with Gasteiger partial charge in [-0.2, -0.15) is 0 Å². The number of aliphatic hydroxyl groups is 3. The van der Waals surface area contributed by atoms with Crippen LogP contribution in [0.25, 0.3) is 0 Å². The molecule has 0 amide bonds. The lowest BCUT2D eigenvalue weighted by molar-refractivity contribution is -0.180. The Morgan fingerprint density at radius 1 is 0.957 bits per heavy atom. The largest absolute Gasteiger partial charge is 0.393 e. The van der Waals surface area contributed by atoms with E-state index in [0.29, 0.717) is 17.8 Å². The molecule has 3 N–H and O–H groups in total. The maximum absolute atomic E-state index is 10.9. The molecule has 0 aliphatic heterocycles. The zero-order valence-electron chi connectivity index (χ0n) is 15.0. The summed E-state index contributed by atoms with van der Waals surface area (Å²) in [7, 11) is 0. The highest BCUT2D eigenvalue weighted by atomic mass is 16.3. The van der Waals surface area contributed by atoms with E-state index in [0.717, 1.165) is 32.1 Å². The molecule has 0 aromatic heterocycles. The number of fused-ring (bicyclic) bond motifs is 3. The minimum absolute atomic E-state index is 0.00263. The van der Waals surface area contributed by atoms with Crippen molar-refractivity contribution in [2.45, 2.75) is 83.8 Å². The molecule has 4 aliphatic carbocycles. The minimum atomic E-state index is -0.832. The molecule has 0 saturated heterocycles. The van der Waals surface area contributed by atoms with Crippen molar-refractivity contribution in [2.75, 3.05) is 6.61 Å². The molecule has 4 rings (SSSR count). The second kappa shape index (κ2) is 4.74. The van der Waals surface area contributed by atoms with Gasteiger partial charge < -0.3 is 15.3 Å². The van der Waals surface area contributed by atoms with Crippen molar-refractivity contribution in [3.05, 3.63) is 0 Å². The number of rotatable bonds is 1. The first-order valence-corrected chi connectivity index (χ1v) is 9.69. The highest BCUT2D eigenvalue weighted by Gasteiger charge is 2.67. The van der Waals surface area contributed by atoms with Crippen molar-refractivity contribution in [1.29, 1.82) is 0 Å². The lowest BCUT2D eigenvalue weighted by Crippen LogP contribution is -2.59. The van der Waals surface area contributed by atoms with E-state index >= 15 is 0 Å². The Hall–Kier alpha value is -0.120. The molecule has 0 unspecified atom stereocenters. The zero-order chi connectivity index (χ0) is 16.7. The van der Waals surface area contributed by atoms with E-state index in [1.807, 2.05) is 0 Å². The average Bonchev–Trinajstić information content (AvgIpc) is 2.70. The van der Waals surface area contributed by atoms with Crippen molar-refractivity contribution in [3.63, 3.8) is 0 Å². The van der Waals surface area contributed by atoms with Crippen LogP contribution in [0.15, 0.2) is 0 Å². The van der Waals surface area contributed by atoms with Crippen LogP contribution in [-0.2, 0) is 0 Å². The summed E-state index contributed by atoms with van der Waals surface area (Å²) in [6, 6.07) is 0. The molecule has 0 heterocycles. The molecule has 2 bridgehead atoms. The first-order valence-electron chi connectivity index (χ1n) is 9.69. The van der Waals surface area contributed by atoms with Gasteiger partial charge in [-0.1, -0.05) is 20.8 Å². The van der Waals surface area contributed by atoms with Gasteiger partial charge >= 0.3 is 0 Å². The molecule has 3 heteroatoms. The molecule has 0 radical (unpaired) electrons. The van der Waals surface area contributed by atoms with Gasteiger partial charge in [0.15, 0.2) is 0 Å². The van der Waals surface area contributed by atoms with Crippen LogP contribution >= 0.6 is 0 Å². The van der Waals surface area contributed by atoms with Crippen molar-refractivity contribution in [3.8, 4) is 0 Å². The summed E-state index contributed by atoms with van der Waals surface area (Å²) in [4.78, 5) is 0. The van der Waals surface area contributed by atoms with Crippen LogP contribution < -0.4 is 0 Å². The predicted octanol–water partition coefficient (Wildman–Crippen LogP) is 3.11. The lowest BCUT2D eigenvalue weighted by Gasteiger charge is -2.64. The molecule has 0 aromatic carbocycles. The van der Waals surface area contributed by atoms with Crippen molar-refractivity contribution < 1.29 is 15.3 Å². The Kier molecular flexibility index (Phi) is 3.37. The summed E-state index contributed by atoms with van der Waals surface area (Å²) in [5, 5.41) is 31.3. The van der Waals surface area contributed by atoms with Crippen LogP contribution in [0.5, 0.6) is 0 Å². The molecule has 4 saturated carbocycles. The molecule has 3 nitrogen and oxygen atoms in total. The zero-order valence-corrected chi connectivity index (χ0v) is 15.0. The maximum Gasteiger partial charge on any atom is 0.0910 e. The second-order valence-corrected chi connectivity index (χ2v) is 10.3. The number of hydrogen-bond acceptors (Lipinski definition) is 3. The van der Waals surface area contributed by atoms with Gasteiger partial charge in [-0.15, -0.1) is 0 Å². The van der Waals surface area contributed by atoms with E-state index in [2.05, 4.69) is 20.8 Å². The fourth-order valence-corrected chi connectivity index (χ4v) is 8.02. The van der Waals surface area contributed by atoms with Crippen molar-refractivity contribution in [2.24, 2.45) is 34.0 Å². The summed E-state index contributed by atoms with van der Waals surface area (Å²) >= 11 is 0. The van der Waals surface area contributed by atoms with Crippen LogP contribution in [0.1, 0.15) is 72.1 Å². The van der Waals surface area contributed by atoms with Gasteiger partial charge in [0, 0.05) is 0 Å². The van der Waals surface area contributed by atoms with Crippen LogP contribution in [0.4, 0.5) is 0 Å². The Bertz CT molecular complexity index is 503. The average molecular weight is 322 g/mol. The summed E-state index contributed by atoms with van der Waals surface area (Å²) in [6.45, 7) is 6.94. The first kappa shape index (κ1) is 16.4. The highest BCUT2D eigenvalue weighted by molar-refractivity contribution is 5.17. The Labute approximate surface area is 140 Å². The van der Waals surface area contributed by atoms with Gasteiger partial charge in [-0.25, -0.2) is 0 Å². The number of hydrogen-bond donors (Lipinski definition) is 3. The van der Waals surface area contributed by atoms with Crippen LogP contribution in [0, 0.1) is 34.0 Å². The second-order valence-electron chi connectivity index (χ2n) is 10.3. The fraction of sp³-hybridized carbons (Fsp3) is 1.00. The Morgan fingerprint density at radius 2 is 1.70 bits per heavy atom. The predicted molar refractivity (Wildman–Crippen MR) is 89.8 cm³/mol. The summed E-state index contributed by atoms with van der Waals surface area (Å²) < 4.78 is 0. The molecule has 4 fully saturated rings. The third-order valence-corrected chi connectivity index (χ3v) is 9.12. The van der Waals surface area contributed by atoms with Crippen LogP contribution in [-0.4, -0.2) is 33.6 Å². The smallest absolute Gasteiger partial charge is 0.0910 e. The van der Waals surface area contributed by atoms with Crippen molar-refractivity contribution >= 4 is 0 Å². The van der Waals surface area contributed by atoms with E-state index in [1.165, 1.54) is 19.3 Å². The Balaban J connectivity index is 1.72. The quantitative estimate of drug-likeness (QED) is 0.695. The molecule has 7 atom stereocenters. The third-order valence-electron chi connectivity index (χ3n) is 9.12. The molecule has 4 aliphatic rings. The summed E-state index contributed by atoms with van der Waals surface area (Å²) in [5.74, 6) is 1.53. The molecular formula is C20H34O3. The molecule has 132 valence electrons. The third kappa shape index (κ3) is 1.93. The normalized spacial score (nSPS) is 57.7. The standard InChI is InChI=1S/C20H34O3/c1-17(2)14-6-9-19-10-13(20(23,11-19)12-21)4-5-15(19)18(14,3)8-7-16(17)22/h13-16,21-23H,4-12H2,1-3H3/t13-,14+,15-,16+,18+,19-,20+/m1/s1. The van der Waals surface area contributed by atoms with Gasteiger partial charge in [0.1, 0.15) is 0 Å². The van der Waals surface area contributed by atoms with Crippen molar-refractivity contribution in [1.82, 2.24) is 0 Å². The Morgan fingerprint density at radius 3 is 2.39 bits per heavy atom. The van der Waals surface area contributed by atoms with Gasteiger partial charge in [-0.3, -0.25) is 0 Å². The van der Waals surface area contributed by atoms with Crippen LogP contribution in [0.2, 0.25) is 0 Å². The molecule has 0 aromatic rings. The summed E-state index contributed by atoms with van der Waals surface area (Å²) in [6.07, 6.45) is 8.39. The van der Waals surface area contributed by atoms with Gasteiger partial charge in [0.2, 0.25) is 0 Å². The van der Waals surface area contributed by atoms with Gasteiger partial charge in [0.25, 0.3) is 0 Å². The fourth-order valence-electron chi connectivity index (χ4n) is 8.02. The van der Waals surface area contributed by atoms with E-state index in [4.69, 9.17) is 0 Å². The molecule has 1 spiro atoms. The SMILES string of the molecule is CC1(C)[C@@H](O)CC[C@@]2(C)[C@H]1CC[C@]13C[C@@H](CC[C@@H]12)[C@@](O)(CO)C3. The van der Waals surface area contributed by atoms with Gasteiger partial charge in [0.05, 0.1) is 18.3 Å². The topological polar surface area (TPSA) is 60.7 Å². The van der Waals surface area contributed by atoms with E-state index in [-0.39, 0.29) is 29.0 Å². The number of aliphatic hydroxyl groups excluding tert-OH is 2. The van der Waals surface area contributed by atoms with E-state index in [9.17, 15) is 15.3 Å². The lowest BCUT2D eigenvalue weighted by atomic mass is 9.41. The molecule has 23 heavy (non-hydrogen) atoms. The first-order chi connectivity index (χ1) is 10.7. The maximum atomic E-state index is 10.9. The summed E-state index contributed by atoms with van der Waals surface area (Å²) in [5.41, 5.74) is -0.310. The minimum Gasteiger partial charge on any atom is -0.393 e. The van der Waals surface area contributed by atoms with E-state index in [1.54, 1.807) is 0 Å². The van der Waals surface area contributed by atoms with E-state index < -0.39 is 5.60 Å². The monoisotopic (exact) mass is 322 g/mol. The van der Waals surface area contributed by atoms with Gasteiger partial charge in [-0.05, 0) is 85.4 Å². The molecular weight excluding hydrogens is 288 g/mol.